The summed E-state index contributed by atoms with van der Waals surface area (Å²) in [6, 6.07) is 0. The van der Waals surface area contributed by atoms with Gasteiger partial charge in [0.2, 0.25) is 0 Å². The molecule has 1 atom stereocenters. The zero-order chi connectivity index (χ0) is 15.8. The third kappa shape index (κ3) is 7.96. The molecule has 20 heavy (non-hydrogen) atoms. The Morgan fingerprint density at radius 3 is 2.05 bits per heavy atom. The normalized spacial score (nSPS) is 13.2. The fourth-order valence-electron chi connectivity index (χ4n) is 0.941. The summed E-state index contributed by atoms with van der Waals surface area (Å²) in [7, 11) is 0. The van der Waals surface area contributed by atoms with Crippen molar-refractivity contribution in [1.82, 2.24) is 0 Å². The molecule has 0 aliphatic rings. The highest BCUT2D eigenvalue weighted by Crippen LogP contribution is 2.23. The highest BCUT2D eigenvalue weighted by Gasteiger charge is 2.42. The standard InChI is InChI=1S/C12H18F4O4/c1-3-8(2)6-19-9(17)4-5-10(18)20-7-12(15,16)11(13)14/h8,11H,3-7H2,1-2H3. The highest BCUT2D eigenvalue weighted by molar-refractivity contribution is 5.77. The number of carbonyl (C=O) groups is 2. The molecular weight excluding hydrogens is 284 g/mol. The Balaban J connectivity index is 3.86. The molecule has 0 fully saturated rings. The average molecular weight is 302 g/mol. The quantitative estimate of drug-likeness (QED) is 0.485. The van der Waals surface area contributed by atoms with Gasteiger partial charge < -0.3 is 9.47 Å². The van der Waals surface area contributed by atoms with Crippen molar-refractivity contribution in [2.75, 3.05) is 13.2 Å². The molecule has 0 aromatic rings. The van der Waals surface area contributed by atoms with Crippen LogP contribution in [0.4, 0.5) is 17.6 Å². The SMILES string of the molecule is CCC(C)COC(=O)CCC(=O)OCC(F)(F)C(F)F. The second-order valence-corrected chi connectivity index (χ2v) is 4.42. The van der Waals surface area contributed by atoms with Crippen molar-refractivity contribution in [3.05, 3.63) is 0 Å². The highest BCUT2D eigenvalue weighted by atomic mass is 19.3. The maximum atomic E-state index is 12.4. The van der Waals surface area contributed by atoms with E-state index in [0.29, 0.717) is 0 Å². The lowest BCUT2D eigenvalue weighted by atomic mass is 10.1. The van der Waals surface area contributed by atoms with Gasteiger partial charge in [0.05, 0.1) is 19.4 Å². The van der Waals surface area contributed by atoms with E-state index in [1.165, 1.54) is 0 Å². The van der Waals surface area contributed by atoms with Crippen LogP contribution in [-0.4, -0.2) is 37.5 Å². The zero-order valence-corrected chi connectivity index (χ0v) is 11.3. The van der Waals surface area contributed by atoms with Gasteiger partial charge in [-0.3, -0.25) is 9.59 Å². The zero-order valence-electron chi connectivity index (χ0n) is 11.3. The Morgan fingerprint density at radius 1 is 1.10 bits per heavy atom. The first-order valence-electron chi connectivity index (χ1n) is 6.16. The van der Waals surface area contributed by atoms with E-state index in [1.54, 1.807) is 0 Å². The van der Waals surface area contributed by atoms with Gasteiger partial charge in [0.15, 0.2) is 6.61 Å². The molecule has 8 heteroatoms. The van der Waals surface area contributed by atoms with Crippen LogP contribution in [0.5, 0.6) is 0 Å². The minimum absolute atomic E-state index is 0.177. The maximum Gasteiger partial charge on any atom is 0.340 e. The predicted molar refractivity (Wildman–Crippen MR) is 61.6 cm³/mol. The Labute approximate surface area is 114 Å². The number of halogens is 4. The molecule has 118 valence electrons. The fourth-order valence-corrected chi connectivity index (χ4v) is 0.941. The van der Waals surface area contributed by atoms with Crippen LogP contribution in [0.25, 0.3) is 0 Å². The molecule has 0 bridgehead atoms. The molecule has 0 saturated heterocycles. The first-order chi connectivity index (χ1) is 9.19. The first-order valence-corrected chi connectivity index (χ1v) is 6.16. The molecule has 0 N–H and O–H groups in total. The van der Waals surface area contributed by atoms with Crippen LogP contribution < -0.4 is 0 Å². The smallest absolute Gasteiger partial charge is 0.340 e. The largest absolute Gasteiger partial charge is 0.465 e. The second-order valence-electron chi connectivity index (χ2n) is 4.42. The fraction of sp³-hybridized carbons (Fsp3) is 0.833. The molecule has 0 aliphatic heterocycles. The van der Waals surface area contributed by atoms with E-state index in [2.05, 4.69) is 4.74 Å². The Bertz CT molecular complexity index is 321. The molecule has 4 nitrogen and oxygen atoms in total. The summed E-state index contributed by atoms with van der Waals surface area (Å²) in [6.45, 7) is 2.28. The van der Waals surface area contributed by atoms with E-state index >= 15 is 0 Å². The number of hydrogen-bond acceptors (Lipinski definition) is 4. The first kappa shape index (κ1) is 18.7. The summed E-state index contributed by atoms with van der Waals surface area (Å²) in [6.07, 6.45) is -3.91. The van der Waals surface area contributed by atoms with Gasteiger partial charge in [-0.2, -0.15) is 8.78 Å². The van der Waals surface area contributed by atoms with Crippen LogP contribution in [0, 0.1) is 5.92 Å². The molecule has 0 aromatic heterocycles. The van der Waals surface area contributed by atoms with Gasteiger partial charge in [-0.05, 0) is 5.92 Å². The molecule has 0 heterocycles. The minimum Gasteiger partial charge on any atom is -0.465 e. The van der Waals surface area contributed by atoms with Crippen molar-refractivity contribution in [3.8, 4) is 0 Å². The summed E-state index contributed by atoms with van der Waals surface area (Å²) in [5.41, 5.74) is 0. The molecule has 0 radical (unpaired) electrons. The minimum atomic E-state index is -4.38. The van der Waals surface area contributed by atoms with Crippen LogP contribution in [0.1, 0.15) is 33.1 Å². The molecule has 0 saturated carbocycles. The average Bonchev–Trinajstić information content (AvgIpc) is 2.39. The van der Waals surface area contributed by atoms with Gasteiger partial charge in [-0.1, -0.05) is 20.3 Å². The van der Waals surface area contributed by atoms with Crippen molar-refractivity contribution in [1.29, 1.82) is 0 Å². The molecule has 0 rings (SSSR count). The van der Waals surface area contributed by atoms with Crippen LogP contribution in [0.2, 0.25) is 0 Å². The van der Waals surface area contributed by atoms with Crippen LogP contribution in [0.15, 0.2) is 0 Å². The van der Waals surface area contributed by atoms with Crippen molar-refractivity contribution in [2.45, 2.75) is 45.5 Å². The lowest BCUT2D eigenvalue weighted by molar-refractivity contribution is -0.180. The summed E-state index contributed by atoms with van der Waals surface area (Å²) in [4.78, 5) is 22.2. The number of hydrogen-bond donors (Lipinski definition) is 0. The van der Waals surface area contributed by atoms with Crippen LogP contribution >= 0.6 is 0 Å². The van der Waals surface area contributed by atoms with E-state index in [1.807, 2.05) is 13.8 Å². The molecule has 0 amide bonds. The third-order valence-corrected chi connectivity index (χ3v) is 2.50. The predicted octanol–water partition coefficient (Wildman–Crippen LogP) is 2.80. The van der Waals surface area contributed by atoms with E-state index in [4.69, 9.17) is 4.74 Å². The van der Waals surface area contributed by atoms with Crippen molar-refractivity contribution in [2.24, 2.45) is 5.92 Å². The van der Waals surface area contributed by atoms with E-state index in [9.17, 15) is 27.2 Å². The molecule has 0 aromatic carbocycles. The number of ether oxygens (including phenoxy) is 2. The topological polar surface area (TPSA) is 52.6 Å². The Kier molecular flexibility index (Phi) is 8.17. The van der Waals surface area contributed by atoms with Crippen LogP contribution in [-0.2, 0) is 19.1 Å². The second kappa shape index (κ2) is 8.76. The van der Waals surface area contributed by atoms with E-state index in [0.717, 1.165) is 6.42 Å². The summed E-state index contributed by atoms with van der Waals surface area (Å²) < 4.78 is 57.2. The summed E-state index contributed by atoms with van der Waals surface area (Å²) >= 11 is 0. The van der Waals surface area contributed by atoms with Gasteiger partial charge in [-0.25, -0.2) is 8.78 Å². The lowest BCUT2D eigenvalue weighted by Gasteiger charge is -2.15. The monoisotopic (exact) mass is 302 g/mol. The lowest BCUT2D eigenvalue weighted by Crippen LogP contribution is -2.33. The van der Waals surface area contributed by atoms with Crippen LogP contribution in [0.3, 0.4) is 0 Å². The van der Waals surface area contributed by atoms with Gasteiger partial charge in [0.1, 0.15) is 0 Å². The maximum absolute atomic E-state index is 12.4. The van der Waals surface area contributed by atoms with Crippen molar-refractivity contribution < 1.29 is 36.6 Å². The molecule has 0 spiro atoms. The van der Waals surface area contributed by atoms with Gasteiger partial charge >= 0.3 is 24.3 Å². The molecular formula is C12H18F4O4. The number of esters is 2. The number of alkyl halides is 4. The Hall–Kier alpha value is -1.34. The van der Waals surface area contributed by atoms with E-state index < -0.39 is 37.3 Å². The third-order valence-electron chi connectivity index (χ3n) is 2.50. The molecule has 0 aliphatic carbocycles. The summed E-state index contributed by atoms with van der Waals surface area (Å²) in [5, 5.41) is 0. The Morgan fingerprint density at radius 2 is 1.60 bits per heavy atom. The summed E-state index contributed by atoms with van der Waals surface area (Å²) in [5.74, 6) is -6.02. The van der Waals surface area contributed by atoms with Crippen molar-refractivity contribution >= 4 is 11.9 Å². The van der Waals surface area contributed by atoms with Gasteiger partial charge in [-0.15, -0.1) is 0 Å². The number of rotatable bonds is 9. The van der Waals surface area contributed by atoms with Crippen molar-refractivity contribution in [3.63, 3.8) is 0 Å². The van der Waals surface area contributed by atoms with Gasteiger partial charge in [0.25, 0.3) is 0 Å². The van der Waals surface area contributed by atoms with E-state index in [-0.39, 0.29) is 18.9 Å². The molecule has 1 unspecified atom stereocenters. The van der Waals surface area contributed by atoms with Gasteiger partial charge in [0, 0.05) is 0 Å². The number of carbonyl (C=O) groups excluding carboxylic acids is 2.